The highest BCUT2D eigenvalue weighted by Crippen LogP contribution is 2.23. The summed E-state index contributed by atoms with van der Waals surface area (Å²) in [6.07, 6.45) is 0. The van der Waals surface area contributed by atoms with Crippen molar-refractivity contribution in [2.75, 3.05) is 16.8 Å². The highest BCUT2D eigenvalue weighted by atomic mass is 16.2. The average molecular weight is 338 g/mol. The molecule has 0 saturated carbocycles. The summed E-state index contributed by atoms with van der Waals surface area (Å²) in [5.41, 5.74) is 3.77. The first-order valence-corrected chi connectivity index (χ1v) is 8.42. The molecule has 0 saturated heterocycles. The zero-order valence-electron chi connectivity index (χ0n) is 15.6. The fraction of sp³-hybridized carbons (Fsp3) is 0.333. The van der Waals surface area contributed by atoms with Gasteiger partial charge < -0.3 is 10.2 Å². The molecule has 0 radical (unpaired) electrons. The third kappa shape index (κ3) is 5.18. The molecular formula is C21H26N2O2. The second-order valence-electron chi connectivity index (χ2n) is 7.32. The zero-order chi connectivity index (χ0) is 18.6. The van der Waals surface area contributed by atoms with E-state index in [-0.39, 0.29) is 23.8 Å². The van der Waals surface area contributed by atoms with Gasteiger partial charge in [-0.3, -0.25) is 9.59 Å². The molecule has 2 amide bonds. The third-order valence-electron chi connectivity index (χ3n) is 4.03. The number of carbonyl (C=O) groups excluding carboxylic acids is 2. The first-order valence-electron chi connectivity index (χ1n) is 8.42. The number of nitrogens with zero attached hydrogens (tertiary/aromatic N) is 1. The fourth-order valence-electron chi connectivity index (χ4n) is 2.58. The lowest BCUT2D eigenvalue weighted by atomic mass is 9.87. The van der Waals surface area contributed by atoms with Gasteiger partial charge in [0.15, 0.2) is 0 Å². The number of hydrogen-bond acceptors (Lipinski definition) is 2. The van der Waals surface area contributed by atoms with Gasteiger partial charge in [0.1, 0.15) is 6.54 Å². The molecule has 1 N–H and O–H groups in total. The molecule has 25 heavy (non-hydrogen) atoms. The molecular weight excluding hydrogens is 312 g/mol. The van der Waals surface area contributed by atoms with Crippen LogP contribution in [0.1, 0.15) is 38.8 Å². The molecule has 0 aliphatic carbocycles. The normalized spacial score (nSPS) is 11.1. The predicted octanol–water partition coefficient (Wildman–Crippen LogP) is 4.28. The van der Waals surface area contributed by atoms with Crippen LogP contribution in [0.15, 0.2) is 48.5 Å². The van der Waals surface area contributed by atoms with E-state index in [2.05, 4.69) is 26.1 Å². The van der Waals surface area contributed by atoms with Crippen molar-refractivity contribution < 1.29 is 9.59 Å². The Kier molecular flexibility index (Phi) is 5.62. The minimum atomic E-state index is -0.222. The number of amides is 2. The third-order valence-corrected chi connectivity index (χ3v) is 4.03. The van der Waals surface area contributed by atoms with Crippen LogP contribution in [0.4, 0.5) is 11.4 Å². The van der Waals surface area contributed by atoms with E-state index in [1.165, 1.54) is 17.4 Å². The van der Waals surface area contributed by atoms with E-state index in [1.54, 1.807) is 0 Å². The molecule has 0 unspecified atom stereocenters. The minimum absolute atomic E-state index is 0.0141. The molecule has 0 atom stereocenters. The number of hydrogen-bond donors (Lipinski definition) is 1. The van der Waals surface area contributed by atoms with Gasteiger partial charge >= 0.3 is 0 Å². The van der Waals surface area contributed by atoms with Gasteiger partial charge in [-0.05, 0) is 47.7 Å². The molecule has 2 aromatic rings. The highest BCUT2D eigenvalue weighted by Gasteiger charge is 2.17. The molecule has 0 aliphatic rings. The lowest BCUT2D eigenvalue weighted by Gasteiger charge is -2.22. The summed E-state index contributed by atoms with van der Waals surface area (Å²) in [6.45, 7) is 9.85. The maximum Gasteiger partial charge on any atom is 0.244 e. The molecule has 4 nitrogen and oxygen atoms in total. The maximum atomic E-state index is 12.4. The number of benzene rings is 2. The summed E-state index contributed by atoms with van der Waals surface area (Å²) in [5, 5.41) is 2.86. The van der Waals surface area contributed by atoms with Gasteiger partial charge in [-0.15, -0.1) is 0 Å². The second kappa shape index (κ2) is 7.51. The molecule has 0 heterocycles. The largest absolute Gasteiger partial charge is 0.325 e. The monoisotopic (exact) mass is 338 g/mol. The molecule has 2 rings (SSSR count). The van der Waals surface area contributed by atoms with Crippen LogP contribution in [-0.2, 0) is 15.0 Å². The first kappa shape index (κ1) is 18.7. The standard InChI is InChI=1S/C21H26N2O2/c1-15-7-6-8-19(13-15)23(16(2)24)14-20(25)22-18-11-9-17(10-12-18)21(3,4)5/h6-13H,14H2,1-5H3,(H,22,25). The van der Waals surface area contributed by atoms with Gasteiger partial charge in [-0.2, -0.15) is 0 Å². The van der Waals surface area contributed by atoms with E-state index in [1.807, 2.05) is 55.5 Å². The van der Waals surface area contributed by atoms with E-state index in [0.717, 1.165) is 16.9 Å². The Hall–Kier alpha value is -2.62. The van der Waals surface area contributed by atoms with Crippen molar-refractivity contribution in [2.24, 2.45) is 0 Å². The second-order valence-corrected chi connectivity index (χ2v) is 7.32. The summed E-state index contributed by atoms with van der Waals surface area (Å²) < 4.78 is 0. The average Bonchev–Trinajstić information content (AvgIpc) is 2.52. The number of anilines is 2. The Bertz CT molecular complexity index is 758. The van der Waals surface area contributed by atoms with E-state index in [9.17, 15) is 9.59 Å². The van der Waals surface area contributed by atoms with Gasteiger partial charge in [0.05, 0.1) is 0 Å². The number of carbonyl (C=O) groups is 2. The highest BCUT2D eigenvalue weighted by molar-refractivity contribution is 6.01. The van der Waals surface area contributed by atoms with Gasteiger partial charge in [0, 0.05) is 18.3 Å². The molecule has 0 aromatic heterocycles. The van der Waals surface area contributed by atoms with Crippen molar-refractivity contribution in [2.45, 2.75) is 40.0 Å². The van der Waals surface area contributed by atoms with Gasteiger partial charge in [0.2, 0.25) is 11.8 Å². The molecule has 132 valence electrons. The van der Waals surface area contributed by atoms with Crippen LogP contribution in [0, 0.1) is 6.92 Å². The lowest BCUT2D eigenvalue weighted by molar-refractivity contribution is -0.120. The quantitative estimate of drug-likeness (QED) is 0.904. The smallest absolute Gasteiger partial charge is 0.244 e. The summed E-state index contributed by atoms with van der Waals surface area (Å²) in [4.78, 5) is 25.8. The van der Waals surface area contributed by atoms with Crippen molar-refractivity contribution >= 4 is 23.2 Å². The maximum absolute atomic E-state index is 12.4. The van der Waals surface area contributed by atoms with Crippen LogP contribution >= 0.6 is 0 Å². The van der Waals surface area contributed by atoms with E-state index in [4.69, 9.17) is 0 Å². The van der Waals surface area contributed by atoms with Crippen LogP contribution in [0.25, 0.3) is 0 Å². The lowest BCUT2D eigenvalue weighted by Crippen LogP contribution is -2.36. The molecule has 0 fully saturated rings. The van der Waals surface area contributed by atoms with Crippen molar-refractivity contribution in [3.8, 4) is 0 Å². The molecule has 0 spiro atoms. The van der Waals surface area contributed by atoms with Gasteiger partial charge in [-0.25, -0.2) is 0 Å². The Morgan fingerprint density at radius 2 is 1.68 bits per heavy atom. The number of aryl methyl sites for hydroxylation is 1. The molecule has 0 aliphatic heterocycles. The van der Waals surface area contributed by atoms with Crippen LogP contribution in [0.2, 0.25) is 0 Å². The van der Waals surface area contributed by atoms with Crippen molar-refractivity contribution in [1.82, 2.24) is 0 Å². The summed E-state index contributed by atoms with van der Waals surface area (Å²) in [7, 11) is 0. The van der Waals surface area contributed by atoms with E-state index >= 15 is 0 Å². The topological polar surface area (TPSA) is 49.4 Å². The Balaban J connectivity index is 2.08. The van der Waals surface area contributed by atoms with Crippen molar-refractivity contribution in [1.29, 1.82) is 0 Å². The van der Waals surface area contributed by atoms with E-state index in [0.29, 0.717) is 0 Å². The van der Waals surface area contributed by atoms with E-state index < -0.39 is 0 Å². The molecule has 0 bridgehead atoms. The summed E-state index contributed by atoms with van der Waals surface area (Å²) in [6, 6.07) is 15.4. The first-order chi connectivity index (χ1) is 11.7. The number of nitrogens with one attached hydrogen (secondary N) is 1. The van der Waals surface area contributed by atoms with Crippen LogP contribution in [0.5, 0.6) is 0 Å². The Morgan fingerprint density at radius 3 is 2.20 bits per heavy atom. The SMILES string of the molecule is CC(=O)N(CC(=O)Nc1ccc(C(C)(C)C)cc1)c1cccc(C)c1. The minimum Gasteiger partial charge on any atom is -0.325 e. The van der Waals surface area contributed by atoms with Crippen molar-refractivity contribution in [3.05, 3.63) is 59.7 Å². The number of rotatable bonds is 4. The fourth-order valence-corrected chi connectivity index (χ4v) is 2.58. The van der Waals surface area contributed by atoms with Crippen molar-refractivity contribution in [3.63, 3.8) is 0 Å². The molecule has 4 heteroatoms. The Labute approximate surface area is 149 Å². The van der Waals surface area contributed by atoms with Gasteiger partial charge in [-0.1, -0.05) is 45.0 Å². The molecule has 2 aromatic carbocycles. The van der Waals surface area contributed by atoms with Crippen LogP contribution in [0.3, 0.4) is 0 Å². The van der Waals surface area contributed by atoms with Crippen LogP contribution in [-0.4, -0.2) is 18.4 Å². The zero-order valence-corrected chi connectivity index (χ0v) is 15.6. The Morgan fingerprint density at radius 1 is 1.04 bits per heavy atom. The summed E-state index contributed by atoms with van der Waals surface area (Å²) >= 11 is 0. The van der Waals surface area contributed by atoms with Crippen LogP contribution < -0.4 is 10.2 Å². The van der Waals surface area contributed by atoms with Gasteiger partial charge in [0.25, 0.3) is 0 Å². The predicted molar refractivity (Wildman–Crippen MR) is 103 cm³/mol. The summed E-state index contributed by atoms with van der Waals surface area (Å²) in [5.74, 6) is -0.385.